The molecule has 0 aromatic heterocycles. The average molecular weight is 227 g/mol. The predicted octanol–water partition coefficient (Wildman–Crippen LogP) is 2.76. The van der Waals surface area contributed by atoms with Crippen molar-refractivity contribution in [2.75, 3.05) is 0 Å². The minimum atomic E-state index is 0.252. The van der Waals surface area contributed by atoms with Crippen LogP contribution in [0.15, 0.2) is 0 Å². The van der Waals surface area contributed by atoms with Crippen molar-refractivity contribution in [1.82, 2.24) is 0 Å². The van der Waals surface area contributed by atoms with Gasteiger partial charge in [0.15, 0.2) is 0 Å². The Morgan fingerprint density at radius 3 is 1.64 bits per heavy atom. The Balaban J connectivity index is 2.05. The van der Waals surface area contributed by atoms with Gasteiger partial charge in [0.25, 0.3) is 0 Å². The van der Waals surface area contributed by atoms with Crippen LogP contribution in [0.1, 0.15) is 39.5 Å². The molecule has 82 valence electrons. The Labute approximate surface area is 94.9 Å². The number of hydrogen-bond acceptors (Lipinski definition) is 0. The van der Waals surface area contributed by atoms with E-state index < -0.39 is 0 Å². The van der Waals surface area contributed by atoms with E-state index in [1.165, 1.54) is 25.7 Å². The standard InChI is InChI=1S/C12H26Si2/c1-3-9-13-11-5-7-12(8-6-11)14-10-4-2/h5,8,11-12H,3-4,6-7,9-10,13-14H2,1-2H3. The van der Waals surface area contributed by atoms with Crippen LogP contribution in [0.25, 0.3) is 0 Å². The maximum atomic E-state index is 2.69. The molecule has 0 spiro atoms. The minimum absolute atomic E-state index is 0.252. The van der Waals surface area contributed by atoms with Crippen molar-refractivity contribution < 1.29 is 0 Å². The highest BCUT2D eigenvalue weighted by Gasteiger charge is 2.20. The Kier molecular flexibility index (Phi) is 6.87. The fourth-order valence-electron chi connectivity index (χ4n) is 2.33. The molecule has 2 radical (unpaired) electrons. The SMILES string of the molecule is CCC[SiH2]C1[CH]CC([SiH2]CCC)[CH]C1. The third-order valence-electron chi connectivity index (χ3n) is 3.40. The summed E-state index contributed by atoms with van der Waals surface area (Å²) < 4.78 is 0. The second-order valence-electron chi connectivity index (χ2n) is 4.75. The van der Waals surface area contributed by atoms with Crippen LogP contribution < -0.4 is 0 Å². The fourth-order valence-corrected chi connectivity index (χ4v) is 5.91. The molecule has 1 rings (SSSR count). The molecule has 0 aromatic rings. The maximum Gasteiger partial charge on any atom is 0.0235 e. The van der Waals surface area contributed by atoms with Gasteiger partial charge >= 0.3 is 0 Å². The van der Waals surface area contributed by atoms with Crippen molar-refractivity contribution in [2.45, 2.75) is 62.7 Å². The van der Waals surface area contributed by atoms with E-state index in [1.807, 2.05) is 0 Å². The normalized spacial score (nSPS) is 29.6. The molecule has 0 nitrogen and oxygen atoms in total. The zero-order valence-corrected chi connectivity index (χ0v) is 12.8. The van der Waals surface area contributed by atoms with Gasteiger partial charge in [0.05, 0.1) is 0 Å². The summed E-state index contributed by atoms with van der Waals surface area (Å²) in [6.07, 6.45) is 11.1. The predicted molar refractivity (Wildman–Crippen MR) is 72.6 cm³/mol. The van der Waals surface area contributed by atoms with Crippen LogP contribution in [0.5, 0.6) is 0 Å². The lowest BCUT2D eigenvalue weighted by atomic mass is 9.99. The lowest BCUT2D eigenvalue weighted by Gasteiger charge is -2.27. The third kappa shape index (κ3) is 4.78. The summed E-state index contributed by atoms with van der Waals surface area (Å²) in [6, 6.07) is 3.12. The summed E-state index contributed by atoms with van der Waals surface area (Å²) in [5.41, 5.74) is 2.14. The van der Waals surface area contributed by atoms with E-state index in [4.69, 9.17) is 0 Å². The monoisotopic (exact) mass is 226 g/mol. The number of hydrogen-bond donors (Lipinski definition) is 0. The molecule has 2 heteroatoms. The second-order valence-corrected chi connectivity index (χ2v) is 9.41. The van der Waals surface area contributed by atoms with Crippen molar-refractivity contribution >= 4 is 19.0 Å². The van der Waals surface area contributed by atoms with E-state index in [2.05, 4.69) is 26.7 Å². The Morgan fingerprint density at radius 1 is 0.929 bits per heavy atom. The molecule has 0 bridgehead atoms. The lowest BCUT2D eigenvalue weighted by Crippen LogP contribution is -2.16. The Morgan fingerprint density at radius 2 is 1.36 bits per heavy atom. The minimum Gasteiger partial charge on any atom is -0.0657 e. The summed E-state index contributed by atoms with van der Waals surface area (Å²) >= 11 is 0. The van der Waals surface area contributed by atoms with Gasteiger partial charge in [0.2, 0.25) is 0 Å². The summed E-state index contributed by atoms with van der Waals surface area (Å²) in [5.74, 6) is 0. The van der Waals surface area contributed by atoms with Crippen molar-refractivity contribution in [2.24, 2.45) is 0 Å². The summed E-state index contributed by atoms with van der Waals surface area (Å²) in [7, 11) is 0.505. The Bertz CT molecular complexity index is 112. The van der Waals surface area contributed by atoms with Crippen LogP contribution in [0.3, 0.4) is 0 Å². The molecule has 0 amide bonds. The largest absolute Gasteiger partial charge is 0.0657 e. The highest BCUT2D eigenvalue weighted by Crippen LogP contribution is 2.34. The second kappa shape index (κ2) is 7.69. The van der Waals surface area contributed by atoms with E-state index in [1.54, 1.807) is 12.1 Å². The van der Waals surface area contributed by atoms with Gasteiger partial charge in [0, 0.05) is 19.0 Å². The zero-order valence-electron chi connectivity index (χ0n) is 9.97. The molecule has 1 fully saturated rings. The topological polar surface area (TPSA) is 0 Å². The molecule has 0 saturated heterocycles. The molecule has 14 heavy (non-hydrogen) atoms. The van der Waals surface area contributed by atoms with Crippen LogP contribution in [-0.2, 0) is 0 Å². The molecular weight excluding hydrogens is 200 g/mol. The molecule has 0 aromatic carbocycles. The molecule has 0 heterocycles. The van der Waals surface area contributed by atoms with Crippen LogP contribution in [0, 0.1) is 12.8 Å². The molecule has 1 aliphatic rings. The van der Waals surface area contributed by atoms with Gasteiger partial charge in [-0.3, -0.25) is 0 Å². The highest BCUT2D eigenvalue weighted by molar-refractivity contribution is 6.40. The maximum absolute atomic E-state index is 2.69. The first-order valence-electron chi connectivity index (χ1n) is 6.53. The summed E-state index contributed by atoms with van der Waals surface area (Å²) in [4.78, 5) is 0. The summed E-state index contributed by atoms with van der Waals surface area (Å²) in [5, 5.41) is 0. The highest BCUT2D eigenvalue weighted by atomic mass is 28.2. The first-order valence-corrected chi connectivity index (χ1v) is 10.2. The average Bonchev–Trinajstić information content (AvgIpc) is 2.25. The molecule has 0 N–H and O–H groups in total. The molecule has 0 aliphatic heterocycles. The van der Waals surface area contributed by atoms with Gasteiger partial charge in [-0.05, 0) is 36.8 Å². The van der Waals surface area contributed by atoms with Gasteiger partial charge in [-0.25, -0.2) is 0 Å². The Hall–Kier alpha value is 0.434. The van der Waals surface area contributed by atoms with E-state index in [9.17, 15) is 0 Å². The first-order chi connectivity index (χ1) is 6.86. The molecule has 1 saturated carbocycles. The molecule has 2 unspecified atom stereocenters. The molecule has 2 atom stereocenters. The summed E-state index contributed by atoms with van der Waals surface area (Å²) in [6.45, 7) is 4.66. The smallest absolute Gasteiger partial charge is 0.0235 e. The first kappa shape index (κ1) is 12.5. The number of rotatable bonds is 6. The lowest BCUT2D eigenvalue weighted by molar-refractivity contribution is 0.696. The van der Waals surface area contributed by atoms with Gasteiger partial charge < -0.3 is 0 Å². The molecule has 1 aliphatic carbocycles. The van der Waals surface area contributed by atoms with E-state index >= 15 is 0 Å². The zero-order chi connectivity index (χ0) is 10.2. The van der Waals surface area contributed by atoms with Gasteiger partial charge in [-0.15, -0.1) is 0 Å². The van der Waals surface area contributed by atoms with Crippen molar-refractivity contribution in [3.8, 4) is 0 Å². The van der Waals surface area contributed by atoms with E-state index in [0.717, 1.165) is 11.1 Å². The van der Waals surface area contributed by atoms with Crippen molar-refractivity contribution in [1.29, 1.82) is 0 Å². The third-order valence-corrected chi connectivity index (χ3v) is 8.45. The fraction of sp³-hybridized carbons (Fsp3) is 0.833. The quantitative estimate of drug-likeness (QED) is 0.611. The molecular formula is C12H26Si2. The van der Waals surface area contributed by atoms with Gasteiger partial charge in [-0.2, -0.15) is 0 Å². The van der Waals surface area contributed by atoms with Crippen molar-refractivity contribution in [3.05, 3.63) is 12.8 Å². The van der Waals surface area contributed by atoms with Crippen LogP contribution in [0.2, 0.25) is 23.2 Å². The van der Waals surface area contributed by atoms with Gasteiger partial charge in [0.1, 0.15) is 0 Å². The van der Waals surface area contributed by atoms with Crippen molar-refractivity contribution in [3.63, 3.8) is 0 Å². The van der Waals surface area contributed by atoms with E-state index in [-0.39, 0.29) is 19.0 Å². The van der Waals surface area contributed by atoms with Crippen LogP contribution >= 0.6 is 0 Å². The van der Waals surface area contributed by atoms with E-state index in [0.29, 0.717) is 0 Å². The van der Waals surface area contributed by atoms with Crippen LogP contribution in [0.4, 0.5) is 0 Å². The van der Waals surface area contributed by atoms with Crippen LogP contribution in [-0.4, -0.2) is 19.0 Å². The van der Waals surface area contributed by atoms with Gasteiger partial charge in [-0.1, -0.05) is 38.8 Å².